The molecule has 4 rings (SSSR count). The number of fused-ring (bicyclic) bond motifs is 2. The average molecular weight is 428 g/mol. The molecule has 0 saturated heterocycles. The number of nitrogens with zero attached hydrogens (tertiary/aromatic N) is 4. The van der Waals surface area contributed by atoms with Gasteiger partial charge in [0.05, 0.1) is 24.0 Å². The second kappa shape index (κ2) is 7.21. The maximum atomic E-state index is 12.5. The summed E-state index contributed by atoms with van der Waals surface area (Å²) in [6, 6.07) is -0.239. The second-order valence-electron chi connectivity index (χ2n) is 7.10. The fraction of sp³-hybridized carbons (Fsp3) is 0.412. The molecule has 0 radical (unpaired) electrons. The third kappa shape index (κ3) is 4.14. The molecule has 1 saturated carbocycles. The van der Waals surface area contributed by atoms with Gasteiger partial charge >= 0.3 is 6.18 Å². The molecular weight excluding hydrogens is 411 g/mol. The Balaban J connectivity index is 1.50. The van der Waals surface area contributed by atoms with Gasteiger partial charge in [-0.1, -0.05) is 23.8 Å². The van der Waals surface area contributed by atoms with Crippen LogP contribution in [0.1, 0.15) is 6.42 Å². The van der Waals surface area contributed by atoms with E-state index in [2.05, 4.69) is 25.7 Å². The van der Waals surface area contributed by atoms with Crippen LogP contribution in [0.25, 0.3) is 0 Å². The zero-order chi connectivity index (χ0) is 20.8. The largest absolute Gasteiger partial charge is 0.408 e. The number of hydrogen-bond donors (Lipinski definition) is 3. The van der Waals surface area contributed by atoms with Crippen molar-refractivity contribution < 1.29 is 18.0 Å². The molecule has 2 aromatic rings. The molecule has 0 unspecified atom stereocenters. The highest BCUT2D eigenvalue weighted by Gasteiger charge is 2.47. The molecule has 29 heavy (non-hydrogen) atoms. The van der Waals surface area contributed by atoms with Gasteiger partial charge in [0, 0.05) is 12.2 Å². The number of primary amides is 1. The number of amides is 1. The van der Waals surface area contributed by atoms with Crippen molar-refractivity contribution in [3.63, 3.8) is 0 Å². The highest BCUT2D eigenvalue weighted by molar-refractivity contribution is 6.32. The highest BCUT2D eigenvalue weighted by atomic mass is 35.5. The van der Waals surface area contributed by atoms with Crippen LogP contribution >= 0.6 is 11.6 Å². The molecule has 0 aliphatic heterocycles. The molecule has 12 heteroatoms. The minimum atomic E-state index is -4.37. The second-order valence-corrected chi connectivity index (χ2v) is 7.51. The van der Waals surface area contributed by atoms with Gasteiger partial charge in [-0.25, -0.2) is 4.98 Å². The molecule has 0 aromatic carbocycles. The van der Waals surface area contributed by atoms with E-state index in [1.165, 1.54) is 18.6 Å². The normalized spacial score (nSPS) is 25.4. The van der Waals surface area contributed by atoms with Gasteiger partial charge in [0.1, 0.15) is 11.6 Å². The van der Waals surface area contributed by atoms with Crippen LogP contribution in [0.15, 0.2) is 30.7 Å². The molecule has 1 fully saturated rings. The average Bonchev–Trinajstić information content (AvgIpc) is 3.33. The molecule has 2 aromatic heterocycles. The van der Waals surface area contributed by atoms with E-state index in [9.17, 15) is 18.0 Å². The quantitative estimate of drug-likeness (QED) is 0.611. The van der Waals surface area contributed by atoms with E-state index >= 15 is 0 Å². The summed E-state index contributed by atoms with van der Waals surface area (Å²) in [6.07, 6.45) is 4.31. The summed E-state index contributed by atoms with van der Waals surface area (Å²) in [6.45, 7) is -1.20. The van der Waals surface area contributed by atoms with Crippen LogP contribution in [0.2, 0.25) is 5.02 Å². The van der Waals surface area contributed by atoms with Crippen molar-refractivity contribution in [3.05, 3.63) is 35.8 Å². The number of carbonyl (C=O) groups is 1. The van der Waals surface area contributed by atoms with Gasteiger partial charge in [0.2, 0.25) is 11.9 Å². The number of carbonyl (C=O) groups excluding carboxylic acids is 1. The van der Waals surface area contributed by atoms with Gasteiger partial charge in [0.15, 0.2) is 5.82 Å². The predicted octanol–water partition coefficient (Wildman–Crippen LogP) is 2.72. The van der Waals surface area contributed by atoms with Crippen LogP contribution in [0.5, 0.6) is 0 Å². The number of aromatic nitrogens is 4. The van der Waals surface area contributed by atoms with E-state index < -0.39 is 12.7 Å². The van der Waals surface area contributed by atoms with Gasteiger partial charge in [-0.3, -0.25) is 9.48 Å². The summed E-state index contributed by atoms with van der Waals surface area (Å²) in [7, 11) is 0. The Bertz CT molecular complexity index is 961. The van der Waals surface area contributed by atoms with E-state index in [1.54, 1.807) is 0 Å². The predicted molar refractivity (Wildman–Crippen MR) is 99.4 cm³/mol. The fourth-order valence-corrected chi connectivity index (χ4v) is 4.07. The molecule has 2 heterocycles. The molecule has 2 bridgehead atoms. The SMILES string of the molecule is NC(=O)[C@@H]1[C@H](Nc2nc(Nc3cnn(CC(F)(F)F)c3)ncc2Cl)[C@H]2C=C[C@H]1C2. The smallest absolute Gasteiger partial charge is 0.369 e. The summed E-state index contributed by atoms with van der Waals surface area (Å²) < 4.78 is 38.1. The molecule has 154 valence electrons. The molecule has 0 spiro atoms. The molecule has 4 atom stereocenters. The van der Waals surface area contributed by atoms with Gasteiger partial charge in [-0.05, 0) is 18.3 Å². The summed E-state index contributed by atoms with van der Waals surface area (Å²) in [5, 5.41) is 9.89. The van der Waals surface area contributed by atoms with E-state index in [-0.39, 0.29) is 40.7 Å². The first kappa shape index (κ1) is 19.5. The molecule has 1 amide bonds. The summed E-state index contributed by atoms with van der Waals surface area (Å²) in [4.78, 5) is 20.2. The van der Waals surface area contributed by atoms with Crippen LogP contribution in [0, 0.1) is 17.8 Å². The van der Waals surface area contributed by atoms with Crippen molar-refractivity contribution in [2.24, 2.45) is 23.5 Å². The Kier molecular flexibility index (Phi) is 4.85. The number of allylic oxidation sites excluding steroid dienone is 1. The van der Waals surface area contributed by atoms with Crippen molar-refractivity contribution in [1.82, 2.24) is 19.7 Å². The number of nitrogens with two attached hydrogens (primary N) is 1. The van der Waals surface area contributed by atoms with Crippen molar-refractivity contribution in [3.8, 4) is 0 Å². The Morgan fingerprint density at radius 3 is 2.79 bits per heavy atom. The van der Waals surface area contributed by atoms with Gasteiger partial charge in [-0.15, -0.1) is 0 Å². The number of hydrogen-bond acceptors (Lipinski definition) is 6. The number of alkyl halides is 3. The standard InChI is InChI=1S/C17H17ClF3N7O/c18-11-5-23-16(25-10-4-24-28(6-10)7-17(19,20)21)27-15(11)26-13-9-2-1-8(3-9)12(13)14(22)29/h1-2,4-6,8-9,12-13H,3,7H2,(H2,22,29)(H2,23,25,26,27)/t8-,9-,12-,13+/m0/s1. The minimum absolute atomic E-state index is 0.0904. The zero-order valence-corrected chi connectivity index (χ0v) is 15.7. The lowest BCUT2D eigenvalue weighted by atomic mass is 9.88. The number of anilines is 3. The van der Waals surface area contributed by atoms with Crippen molar-refractivity contribution in [2.75, 3.05) is 10.6 Å². The summed E-state index contributed by atoms with van der Waals surface area (Å²) in [5.74, 6) is -0.0944. The van der Waals surface area contributed by atoms with Gasteiger partial charge in [-0.2, -0.15) is 23.3 Å². The Labute approximate surface area is 168 Å². The zero-order valence-electron chi connectivity index (χ0n) is 14.9. The maximum absolute atomic E-state index is 12.5. The fourth-order valence-electron chi connectivity index (χ4n) is 3.92. The van der Waals surface area contributed by atoms with Crippen LogP contribution in [-0.4, -0.2) is 37.9 Å². The van der Waals surface area contributed by atoms with E-state index in [4.69, 9.17) is 17.3 Å². The van der Waals surface area contributed by atoms with Crippen LogP contribution < -0.4 is 16.4 Å². The first-order valence-electron chi connectivity index (χ1n) is 8.82. The van der Waals surface area contributed by atoms with Gasteiger partial charge < -0.3 is 16.4 Å². The monoisotopic (exact) mass is 427 g/mol. The van der Waals surface area contributed by atoms with E-state index in [0.29, 0.717) is 11.5 Å². The van der Waals surface area contributed by atoms with Crippen molar-refractivity contribution in [1.29, 1.82) is 0 Å². The van der Waals surface area contributed by atoms with Crippen LogP contribution in [0.3, 0.4) is 0 Å². The lowest BCUT2D eigenvalue weighted by Crippen LogP contribution is -2.41. The third-order valence-corrected chi connectivity index (χ3v) is 5.34. The summed E-state index contributed by atoms with van der Waals surface area (Å²) in [5.41, 5.74) is 5.86. The Morgan fingerprint density at radius 1 is 1.31 bits per heavy atom. The molecule has 4 N–H and O–H groups in total. The lowest BCUT2D eigenvalue weighted by molar-refractivity contribution is -0.142. The van der Waals surface area contributed by atoms with E-state index in [0.717, 1.165) is 11.1 Å². The first-order chi connectivity index (χ1) is 13.7. The third-order valence-electron chi connectivity index (χ3n) is 5.07. The highest BCUT2D eigenvalue weighted by Crippen LogP contribution is 2.45. The van der Waals surface area contributed by atoms with E-state index in [1.807, 2.05) is 12.2 Å². The molecule has 2 aliphatic rings. The lowest BCUT2D eigenvalue weighted by Gasteiger charge is -2.27. The summed E-state index contributed by atoms with van der Waals surface area (Å²) >= 11 is 6.19. The number of nitrogens with one attached hydrogen (secondary N) is 2. The number of rotatable bonds is 6. The first-order valence-corrected chi connectivity index (χ1v) is 9.20. The van der Waals surface area contributed by atoms with Crippen molar-refractivity contribution >= 4 is 35.0 Å². The Hall–Kier alpha value is -2.82. The topological polar surface area (TPSA) is 111 Å². The Morgan fingerprint density at radius 2 is 2.07 bits per heavy atom. The molecular formula is C17H17ClF3N7O. The minimum Gasteiger partial charge on any atom is -0.369 e. The van der Waals surface area contributed by atoms with Crippen LogP contribution in [-0.2, 0) is 11.3 Å². The van der Waals surface area contributed by atoms with Crippen LogP contribution in [0.4, 0.5) is 30.6 Å². The molecule has 8 nitrogen and oxygen atoms in total. The van der Waals surface area contributed by atoms with Gasteiger partial charge in [0.25, 0.3) is 0 Å². The number of halogens is 4. The van der Waals surface area contributed by atoms with Crippen molar-refractivity contribution in [2.45, 2.75) is 25.2 Å². The molecule has 2 aliphatic carbocycles. The maximum Gasteiger partial charge on any atom is 0.408 e.